The van der Waals surface area contributed by atoms with Crippen molar-refractivity contribution >= 4 is 17.8 Å². The molecular weight excluding hydrogens is 371 g/mol. The molecule has 0 bridgehead atoms. The number of rotatable bonds is 9. The monoisotopic (exact) mass is 391 g/mol. The number of carbonyl (C=O) groups excluding carboxylic acids is 3. The highest BCUT2D eigenvalue weighted by atomic mass is 19.4. The lowest BCUT2D eigenvalue weighted by Crippen LogP contribution is -2.48. The van der Waals surface area contributed by atoms with Crippen LogP contribution in [0.15, 0.2) is 24.3 Å². The molecule has 0 saturated heterocycles. The van der Waals surface area contributed by atoms with E-state index in [1.165, 1.54) is 24.3 Å². The number of nitrogens with one attached hydrogen (secondary N) is 1. The Kier molecular flexibility index (Phi) is 8.73. The van der Waals surface area contributed by atoms with Crippen molar-refractivity contribution in [2.75, 3.05) is 19.8 Å². The van der Waals surface area contributed by atoms with E-state index in [-0.39, 0.29) is 25.4 Å². The molecule has 1 N–H and O–H groups in total. The Morgan fingerprint density at radius 1 is 1.00 bits per heavy atom. The molecule has 7 nitrogen and oxygen atoms in total. The van der Waals surface area contributed by atoms with Gasteiger partial charge in [0.1, 0.15) is 6.61 Å². The zero-order valence-electron chi connectivity index (χ0n) is 14.8. The molecule has 0 unspecified atom stereocenters. The van der Waals surface area contributed by atoms with Crippen LogP contribution in [0.4, 0.5) is 13.2 Å². The van der Waals surface area contributed by atoms with Gasteiger partial charge in [0.2, 0.25) is 6.04 Å². The Morgan fingerprint density at radius 2 is 1.52 bits per heavy atom. The molecule has 27 heavy (non-hydrogen) atoms. The molecule has 0 aliphatic heterocycles. The molecule has 0 radical (unpaired) electrons. The third kappa shape index (κ3) is 8.07. The second-order valence-corrected chi connectivity index (χ2v) is 5.22. The number of amides is 1. The van der Waals surface area contributed by atoms with E-state index in [1.54, 1.807) is 13.8 Å². The number of alkyl halides is 3. The minimum Gasteiger partial charge on any atom is -0.464 e. The van der Waals surface area contributed by atoms with Crippen LogP contribution in [0.3, 0.4) is 0 Å². The molecule has 0 heterocycles. The normalized spacial score (nSPS) is 11.2. The summed E-state index contributed by atoms with van der Waals surface area (Å²) in [6, 6.07) is 3.83. The van der Waals surface area contributed by atoms with E-state index in [1.807, 2.05) is 0 Å². The third-order valence-corrected chi connectivity index (χ3v) is 3.07. The molecule has 1 amide bonds. The van der Waals surface area contributed by atoms with Gasteiger partial charge in [-0.3, -0.25) is 4.79 Å². The van der Waals surface area contributed by atoms with Crippen molar-refractivity contribution in [1.82, 2.24) is 5.32 Å². The first-order valence-corrected chi connectivity index (χ1v) is 8.05. The molecule has 0 aromatic heterocycles. The van der Waals surface area contributed by atoms with Crippen LogP contribution in [0.2, 0.25) is 0 Å². The summed E-state index contributed by atoms with van der Waals surface area (Å²) in [4.78, 5) is 35.9. The maximum absolute atomic E-state index is 12.2. The molecule has 1 aromatic carbocycles. The van der Waals surface area contributed by atoms with Gasteiger partial charge >= 0.3 is 18.1 Å². The molecule has 150 valence electrons. The van der Waals surface area contributed by atoms with Gasteiger partial charge in [0.05, 0.1) is 19.8 Å². The molecule has 0 atom stereocenters. The van der Waals surface area contributed by atoms with Gasteiger partial charge in [-0.2, -0.15) is 13.2 Å². The second kappa shape index (κ2) is 10.5. The second-order valence-electron chi connectivity index (χ2n) is 5.22. The number of halogens is 3. The van der Waals surface area contributed by atoms with Gasteiger partial charge in [0.25, 0.3) is 5.91 Å². The number of ether oxygens (including phenoxy) is 3. The maximum Gasteiger partial charge on any atom is 0.411 e. The summed E-state index contributed by atoms with van der Waals surface area (Å²) in [6.07, 6.45) is -4.42. The Balaban J connectivity index is 2.73. The lowest BCUT2D eigenvalue weighted by Gasteiger charge is -2.16. The van der Waals surface area contributed by atoms with Gasteiger partial charge in [-0.1, -0.05) is 12.1 Å². The minimum atomic E-state index is -4.42. The van der Waals surface area contributed by atoms with E-state index in [2.05, 4.69) is 10.1 Å². The van der Waals surface area contributed by atoms with Gasteiger partial charge in [0, 0.05) is 5.56 Å². The van der Waals surface area contributed by atoms with E-state index < -0.39 is 36.7 Å². The van der Waals surface area contributed by atoms with Crippen molar-refractivity contribution in [3.8, 4) is 0 Å². The average molecular weight is 391 g/mol. The van der Waals surface area contributed by atoms with Crippen molar-refractivity contribution in [1.29, 1.82) is 0 Å². The fourth-order valence-electron chi connectivity index (χ4n) is 1.92. The van der Waals surface area contributed by atoms with Crippen molar-refractivity contribution in [3.05, 3.63) is 35.4 Å². The van der Waals surface area contributed by atoms with Crippen LogP contribution in [-0.4, -0.2) is 49.9 Å². The number of benzene rings is 1. The van der Waals surface area contributed by atoms with E-state index in [0.29, 0.717) is 5.56 Å². The molecule has 1 rings (SSSR count). The molecule has 1 aromatic rings. The summed E-state index contributed by atoms with van der Waals surface area (Å²) in [5, 5.41) is 2.22. The first-order valence-electron chi connectivity index (χ1n) is 8.05. The maximum atomic E-state index is 12.2. The molecule has 0 aliphatic rings. The fraction of sp³-hybridized carbons (Fsp3) is 0.471. The van der Waals surface area contributed by atoms with E-state index >= 15 is 0 Å². The van der Waals surface area contributed by atoms with Crippen molar-refractivity contribution < 1.29 is 41.8 Å². The largest absolute Gasteiger partial charge is 0.464 e. The van der Waals surface area contributed by atoms with Crippen molar-refractivity contribution in [3.63, 3.8) is 0 Å². The first kappa shape index (κ1) is 22.4. The summed E-state index contributed by atoms with van der Waals surface area (Å²) in [7, 11) is 0. The highest BCUT2D eigenvalue weighted by Crippen LogP contribution is 2.16. The molecule has 0 fully saturated rings. The van der Waals surface area contributed by atoms with Crippen LogP contribution in [0.5, 0.6) is 0 Å². The van der Waals surface area contributed by atoms with Crippen molar-refractivity contribution in [2.24, 2.45) is 0 Å². The molecule has 10 heteroatoms. The predicted molar refractivity (Wildman–Crippen MR) is 86.7 cm³/mol. The summed E-state index contributed by atoms with van der Waals surface area (Å²) < 4.78 is 50.1. The van der Waals surface area contributed by atoms with Crippen molar-refractivity contribution in [2.45, 2.75) is 32.7 Å². The van der Waals surface area contributed by atoms with Gasteiger partial charge in [-0.15, -0.1) is 0 Å². The van der Waals surface area contributed by atoms with Crippen LogP contribution in [0.25, 0.3) is 0 Å². The number of hydrogen-bond acceptors (Lipinski definition) is 6. The zero-order valence-corrected chi connectivity index (χ0v) is 14.8. The molecule has 0 aliphatic carbocycles. The molecular formula is C17H20F3NO6. The molecule has 0 spiro atoms. The SMILES string of the molecule is CCOC(=O)C(NC(=O)c1ccc(COCC(F)(F)F)cc1)C(=O)OCC. The molecule has 0 saturated carbocycles. The topological polar surface area (TPSA) is 90.9 Å². The highest BCUT2D eigenvalue weighted by molar-refractivity contribution is 6.05. The van der Waals surface area contributed by atoms with Crippen LogP contribution < -0.4 is 5.32 Å². The fourth-order valence-corrected chi connectivity index (χ4v) is 1.92. The van der Waals surface area contributed by atoms with E-state index in [9.17, 15) is 27.6 Å². The minimum absolute atomic E-state index is 0.0111. The van der Waals surface area contributed by atoms with E-state index in [4.69, 9.17) is 9.47 Å². The number of hydrogen-bond donors (Lipinski definition) is 1. The van der Waals surface area contributed by atoms with Crippen LogP contribution in [0.1, 0.15) is 29.8 Å². The Hall–Kier alpha value is -2.62. The smallest absolute Gasteiger partial charge is 0.411 e. The van der Waals surface area contributed by atoms with E-state index in [0.717, 1.165) is 0 Å². The Morgan fingerprint density at radius 3 is 1.96 bits per heavy atom. The van der Waals surface area contributed by atoms with Gasteiger partial charge in [-0.05, 0) is 31.5 Å². The Bertz CT molecular complexity index is 627. The van der Waals surface area contributed by atoms with Crippen LogP contribution in [-0.2, 0) is 30.4 Å². The van der Waals surface area contributed by atoms with Gasteiger partial charge in [-0.25, -0.2) is 9.59 Å². The quantitative estimate of drug-likeness (QED) is 0.511. The van der Waals surface area contributed by atoms with Crippen LogP contribution in [0, 0.1) is 0 Å². The summed E-state index contributed by atoms with van der Waals surface area (Å²) >= 11 is 0. The lowest BCUT2D eigenvalue weighted by molar-refractivity contribution is -0.176. The highest BCUT2D eigenvalue weighted by Gasteiger charge is 2.31. The first-order chi connectivity index (χ1) is 12.7. The number of carbonyl (C=O) groups is 3. The van der Waals surface area contributed by atoms with Gasteiger partial charge in [0.15, 0.2) is 0 Å². The average Bonchev–Trinajstić information content (AvgIpc) is 2.59. The summed E-state index contributed by atoms with van der Waals surface area (Å²) in [6.45, 7) is 1.45. The zero-order chi connectivity index (χ0) is 20.4. The Labute approximate surface area is 153 Å². The van der Waals surface area contributed by atoms with Gasteiger partial charge < -0.3 is 19.5 Å². The summed E-state index contributed by atoms with van der Waals surface area (Å²) in [5.41, 5.74) is 0.510. The third-order valence-electron chi connectivity index (χ3n) is 3.07. The standard InChI is InChI=1S/C17H20F3NO6/c1-3-26-15(23)13(16(24)27-4-2)21-14(22)12-7-5-11(6-8-12)9-25-10-17(18,19)20/h5-8,13H,3-4,9-10H2,1-2H3,(H,21,22). The van der Waals surface area contributed by atoms with Crippen LogP contribution >= 0.6 is 0 Å². The lowest BCUT2D eigenvalue weighted by atomic mass is 10.1. The predicted octanol–water partition coefficient (Wildman–Crippen LogP) is 1.99. The summed E-state index contributed by atoms with van der Waals surface area (Å²) in [5.74, 6) is -2.66. The number of esters is 2.